The molecule has 2 aromatic rings. The second-order valence-electron chi connectivity index (χ2n) is 9.16. The Balaban J connectivity index is 2.27. The van der Waals surface area contributed by atoms with E-state index in [1.807, 2.05) is 90.9 Å². The van der Waals surface area contributed by atoms with Gasteiger partial charge < -0.3 is 15.0 Å². The highest BCUT2D eigenvalue weighted by Crippen LogP contribution is 2.21. The molecule has 0 bridgehead atoms. The molecule has 2 aromatic carbocycles. The quantitative estimate of drug-likeness (QED) is 0.667. The Bertz CT molecular complexity index is 915. The Morgan fingerprint density at radius 2 is 1.74 bits per heavy atom. The first kappa shape index (κ1) is 24.4. The molecule has 1 N–H and O–H groups in total. The second kappa shape index (κ2) is 10.5. The molecular formula is C26H36N2O3. The summed E-state index contributed by atoms with van der Waals surface area (Å²) in [5.74, 6) is 0.331. The van der Waals surface area contributed by atoms with Crippen molar-refractivity contribution in [3.63, 3.8) is 0 Å². The lowest BCUT2D eigenvalue weighted by Gasteiger charge is -2.33. The lowest BCUT2D eigenvalue weighted by atomic mass is 10.1. The molecule has 0 radical (unpaired) electrons. The van der Waals surface area contributed by atoms with Gasteiger partial charge in [-0.25, -0.2) is 0 Å². The van der Waals surface area contributed by atoms with Crippen molar-refractivity contribution in [2.45, 2.75) is 73.0 Å². The SMILES string of the molecule is CC[C@H](C(=O)NC(C)(C)C)N(Cc1cccc(C)c1)C(=O)COc1cccc(C)c1C. The monoisotopic (exact) mass is 424 g/mol. The summed E-state index contributed by atoms with van der Waals surface area (Å²) in [4.78, 5) is 28.0. The molecule has 1 atom stereocenters. The van der Waals surface area contributed by atoms with Crippen LogP contribution in [0.3, 0.4) is 0 Å². The molecule has 0 saturated heterocycles. The molecule has 5 heteroatoms. The van der Waals surface area contributed by atoms with Gasteiger partial charge in [-0.2, -0.15) is 0 Å². The van der Waals surface area contributed by atoms with Crippen molar-refractivity contribution in [2.75, 3.05) is 6.61 Å². The number of benzene rings is 2. The van der Waals surface area contributed by atoms with Crippen LogP contribution in [-0.4, -0.2) is 34.9 Å². The van der Waals surface area contributed by atoms with Crippen molar-refractivity contribution in [3.05, 3.63) is 64.7 Å². The maximum absolute atomic E-state index is 13.3. The molecule has 0 fully saturated rings. The molecule has 0 saturated carbocycles. The Morgan fingerprint density at radius 3 is 2.35 bits per heavy atom. The van der Waals surface area contributed by atoms with E-state index in [9.17, 15) is 9.59 Å². The summed E-state index contributed by atoms with van der Waals surface area (Å²) in [6, 6.07) is 13.2. The van der Waals surface area contributed by atoms with E-state index >= 15 is 0 Å². The maximum atomic E-state index is 13.3. The number of rotatable bonds is 8. The third kappa shape index (κ3) is 7.12. The van der Waals surface area contributed by atoms with Crippen LogP contribution in [0.25, 0.3) is 0 Å². The first-order valence-corrected chi connectivity index (χ1v) is 10.9. The van der Waals surface area contributed by atoms with Gasteiger partial charge in [-0.15, -0.1) is 0 Å². The number of carbonyl (C=O) groups excluding carboxylic acids is 2. The molecule has 2 amide bonds. The summed E-state index contributed by atoms with van der Waals surface area (Å²) >= 11 is 0. The van der Waals surface area contributed by atoms with Crippen LogP contribution in [0.2, 0.25) is 0 Å². The van der Waals surface area contributed by atoms with Gasteiger partial charge in [0, 0.05) is 12.1 Å². The first-order chi connectivity index (χ1) is 14.5. The molecular weight excluding hydrogens is 388 g/mol. The minimum atomic E-state index is -0.575. The Labute approximate surface area is 186 Å². The molecule has 2 rings (SSSR count). The lowest BCUT2D eigenvalue weighted by molar-refractivity contribution is -0.143. The number of aryl methyl sites for hydroxylation is 2. The average Bonchev–Trinajstić information content (AvgIpc) is 2.67. The van der Waals surface area contributed by atoms with Crippen LogP contribution in [-0.2, 0) is 16.1 Å². The fraction of sp³-hybridized carbons (Fsp3) is 0.462. The first-order valence-electron chi connectivity index (χ1n) is 10.9. The van der Waals surface area contributed by atoms with Gasteiger partial charge in [0.05, 0.1) is 0 Å². The third-order valence-electron chi connectivity index (χ3n) is 5.23. The summed E-state index contributed by atoms with van der Waals surface area (Å²) in [6.45, 7) is 14.0. The van der Waals surface area contributed by atoms with Crippen molar-refractivity contribution in [2.24, 2.45) is 0 Å². The molecule has 168 valence electrons. The second-order valence-corrected chi connectivity index (χ2v) is 9.16. The zero-order valence-corrected chi connectivity index (χ0v) is 19.9. The smallest absolute Gasteiger partial charge is 0.261 e. The topological polar surface area (TPSA) is 58.6 Å². The number of nitrogens with one attached hydrogen (secondary N) is 1. The summed E-state index contributed by atoms with van der Waals surface area (Å²) < 4.78 is 5.87. The van der Waals surface area contributed by atoms with Gasteiger partial charge >= 0.3 is 0 Å². The Kier molecular flexibility index (Phi) is 8.26. The van der Waals surface area contributed by atoms with E-state index in [1.54, 1.807) is 4.90 Å². The van der Waals surface area contributed by atoms with E-state index in [4.69, 9.17) is 4.74 Å². The van der Waals surface area contributed by atoms with Crippen molar-refractivity contribution >= 4 is 11.8 Å². The number of carbonyl (C=O) groups is 2. The zero-order chi connectivity index (χ0) is 23.2. The van der Waals surface area contributed by atoms with Gasteiger partial charge in [-0.3, -0.25) is 9.59 Å². The molecule has 31 heavy (non-hydrogen) atoms. The van der Waals surface area contributed by atoms with Crippen LogP contribution in [0.1, 0.15) is 56.4 Å². The van der Waals surface area contributed by atoms with Gasteiger partial charge in [-0.05, 0) is 70.7 Å². The van der Waals surface area contributed by atoms with Crippen LogP contribution >= 0.6 is 0 Å². The van der Waals surface area contributed by atoms with Crippen molar-refractivity contribution in [1.29, 1.82) is 0 Å². The van der Waals surface area contributed by atoms with Crippen molar-refractivity contribution in [1.82, 2.24) is 10.2 Å². The van der Waals surface area contributed by atoms with E-state index in [1.165, 1.54) is 0 Å². The van der Waals surface area contributed by atoms with Crippen molar-refractivity contribution < 1.29 is 14.3 Å². The van der Waals surface area contributed by atoms with Crippen LogP contribution < -0.4 is 10.1 Å². The van der Waals surface area contributed by atoms with Crippen LogP contribution in [0.15, 0.2) is 42.5 Å². The van der Waals surface area contributed by atoms with Crippen LogP contribution in [0.5, 0.6) is 5.75 Å². The van der Waals surface area contributed by atoms with Gasteiger partial charge in [-0.1, -0.05) is 48.9 Å². The fourth-order valence-electron chi connectivity index (χ4n) is 3.48. The summed E-state index contributed by atoms with van der Waals surface area (Å²) in [5, 5.41) is 3.02. The van der Waals surface area contributed by atoms with Crippen LogP contribution in [0, 0.1) is 20.8 Å². The molecule has 0 aromatic heterocycles. The Hall–Kier alpha value is -2.82. The van der Waals surface area contributed by atoms with E-state index in [2.05, 4.69) is 5.32 Å². The minimum Gasteiger partial charge on any atom is -0.483 e. The molecule has 0 aliphatic rings. The highest BCUT2D eigenvalue weighted by molar-refractivity contribution is 5.88. The Morgan fingerprint density at radius 1 is 1.06 bits per heavy atom. The van der Waals surface area contributed by atoms with E-state index in [0.717, 1.165) is 22.3 Å². The lowest BCUT2D eigenvalue weighted by Crippen LogP contribution is -2.54. The summed E-state index contributed by atoms with van der Waals surface area (Å²) in [7, 11) is 0. The maximum Gasteiger partial charge on any atom is 0.261 e. The molecule has 0 spiro atoms. The van der Waals surface area contributed by atoms with Gasteiger partial charge in [0.15, 0.2) is 6.61 Å². The minimum absolute atomic E-state index is 0.116. The zero-order valence-electron chi connectivity index (χ0n) is 19.9. The number of hydrogen-bond donors (Lipinski definition) is 1. The summed E-state index contributed by atoms with van der Waals surface area (Å²) in [5.41, 5.74) is 3.85. The largest absolute Gasteiger partial charge is 0.483 e. The highest BCUT2D eigenvalue weighted by Gasteiger charge is 2.31. The molecule has 0 unspecified atom stereocenters. The summed E-state index contributed by atoms with van der Waals surface area (Å²) in [6.07, 6.45) is 0.517. The normalized spacial score (nSPS) is 12.2. The van der Waals surface area contributed by atoms with Gasteiger partial charge in [0.1, 0.15) is 11.8 Å². The number of amides is 2. The number of nitrogens with zero attached hydrogens (tertiary/aromatic N) is 1. The number of ether oxygens (including phenoxy) is 1. The fourth-order valence-corrected chi connectivity index (χ4v) is 3.48. The highest BCUT2D eigenvalue weighted by atomic mass is 16.5. The molecule has 0 aliphatic heterocycles. The standard InChI is InChI=1S/C26H36N2O3/c1-8-22(25(30)27-26(5,6)7)28(16-21-13-9-11-18(2)15-21)24(29)17-31-23-14-10-12-19(3)20(23)4/h9-15,22H,8,16-17H2,1-7H3,(H,27,30)/t22-/m1/s1. The average molecular weight is 425 g/mol. The molecule has 0 heterocycles. The van der Waals surface area contributed by atoms with Gasteiger partial charge in [0.2, 0.25) is 5.91 Å². The van der Waals surface area contributed by atoms with Gasteiger partial charge in [0.25, 0.3) is 5.91 Å². The third-order valence-corrected chi connectivity index (χ3v) is 5.23. The van der Waals surface area contributed by atoms with E-state index < -0.39 is 6.04 Å². The predicted molar refractivity (Wildman–Crippen MR) is 125 cm³/mol. The predicted octanol–water partition coefficient (Wildman–Crippen LogP) is 4.71. The molecule has 0 aliphatic carbocycles. The van der Waals surface area contributed by atoms with Crippen LogP contribution in [0.4, 0.5) is 0 Å². The van der Waals surface area contributed by atoms with Crippen molar-refractivity contribution in [3.8, 4) is 5.75 Å². The van der Waals surface area contributed by atoms with E-state index in [0.29, 0.717) is 18.7 Å². The van der Waals surface area contributed by atoms with E-state index in [-0.39, 0.29) is 24.0 Å². The number of hydrogen-bond acceptors (Lipinski definition) is 3. The molecule has 5 nitrogen and oxygen atoms in total.